The Hall–Kier alpha value is -1.75. The highest BCUT2D eigenvalue weighted by atomic mass is 16.5. The van der Waals surface area contributed by atoms with Crippen LogP contribution in [0.3, 0.4) is 0 Å². The first kappa shape index (κ1) is 13.7. The standard InChI is InChI=1S/C14H20N2O3/c1-9(13-4-3-5-19-13)16-14(17)10-6-11(15)8-12(7-10)18-2/h6-9,13H,3-5,15H2,1-2H3,(H,16,17). The number of hydrogen-bond donors (Lipinski definition) is 2. The first-order chi connectivity index (χ1) is 9.10. The highest BCUT2D eigenvalue weighted by Gasteiger charge is 2.24. The zero-order chi connectivity index (χ0) is 13.8. The first-order valence-electron chi connectivity index (χ1n) is 6.47. The number of amides is 1. The van der Waals surface area contributed by atoms with Crippen LogP contribution in [0.2, 0.25) is 0 Å². The summed E-state index contributed by atoms with van der Waals surface area (Å²) in [5.74, 6) is 0.420. The van der Waals surface area contributed by atoms with Crippen molar-refractivity contribution in [3.8, 4) is 5.75 Å². The molecule has 1 aromatic carbocycles. The molecule has 19 heavy (non-hydrogen) atoms. The smallest absolute Gasteiger partial charge is 0.251 e. The number of ether oxygens (including phenoxy) is 2. The second-order valence-corrected chi connectivity index (χ2v) is 4.81. The molecule has 0 spiro atoms. The van der Waals surface area contributed by atoms with Gasteiger partial charge in [0, 0.05) is 23.9 Å². The molecule has 1 fully saturated rings. The van der Waals surface area contributed by atoms with E-state index < -0.39 is 0 Å². The largest absolute Gasteiger partial charge is 0.497 e. The Bertz CT molecular complexity index is 456. The van der Waals surface area contributed by atoms with Gasteiger partial charge in [0.15, 0.2) is 0 Å². The van der Waals surface area contributed by atoms with Gasteiger partial charge in [-0.25, -0.2) is 0 Å². The number of carbonyl (C=O) groups is 1. The number of nitrogen functional groups attached to an aromatic ring is 1. The van der Waals surface area contributed by atoms with Crippen molar-refractivity contribution >= 4 is 11.6 Å². The van der Waals surface area contributed by atoms with Crippen LogP contribution in [0.4, 0.5) is 5.69 Å². The Morgan fingerprint density at radius 3 is 2.95 bits per heavy atom. The predicted molar refractivity (Wildman–Crippen MR) is 73.3 cm³/mol. The molecular weight excluding hydrogens is 244 g/mol. The molecule has 1 aliphatic rings. The second-order valence-electron chi connectivity index (χ2n) is 4.81. The molecule has 1 amide bonds. The number of benzene rings is 1. The highest BCUT2D eigenvalue weighted by molar-refractivity contribution is 5.95. The van der Waals surface area contributed by atoms with E-state index in [4.69, 9.17) is 15.2 Å². The fraction of sp³-hybridized carbons (Fsp3) is 0.500. The molecule has 0 aliphatic carbocycles. The highest BCUT2D eigenvalue weighted by Crippen LogP contribution is 2.19. The maximum atomic E-state index is 12.2. The molecule has 1 aromatic rings. The molecule has 104 valence electrons. The number of nitrogens with two attached hydrogens (primary N) is 1. The van der Waals surface area contributed by atoms with Crippen LogP contribution in [0.5, 0.6) is 5.75 Å². The summed E-state index contributed by atoms with van der Waals surface area (Å²) in [7, 11) is 1.55. The predicted octanol–water partition coefficient (Wildman–Crippen LogP) is 1.57. The first-order valence-corrected chi connectivity index (χ1v) is 6.47. The van der Waals surface area contributed by atoms with Gasteiger partial charge in [-0.2, -0.15) is 0 Å². The number of carbonyl (C=O) groups excluding carboxylic acids is 1. The second kappa shape index (κ2) is 5.93. The molecule has 1 heterocycles. The van der Waals surface area contributed by atoms with Crippen molar-refractivity contribution in [1.29, 1.82) is 0 Å². The third-order valence-electron chi connectivity index (χ3n) is 3.31. The average Bonchev–Trinajstić information content (AvgIpc) is 2.91. The normalized spacial score (nSPS) is 20.0. The van der Waals surface area contributed by atoms with Crippen LogP contribution in [-0.2, 0) is 4.74 Å². The van der Waals surface area contributed by atoms with E-state index in [-0.39, 0.29) is 18.1 Å². The minimum Gasteiger partial charge on any atom is -0.497 e. The van der Waals surface area contributed by atoms with Gasteiger partial charge in [0.1, 0.15) is 5.75 Å². The number of nitrogens with one attached hydrogen (secondary N) is 1. The maximum Gasteiger partial charge on any atom is 0.251 e. The molecule has 2 rings (SSSR count). The van der Waals surface area contributed by atoms with Crippen LogP contribution < -0.4 is 15.8 Å². The Labute approximate surface area is 113 Å². The molecule has 3 N–H and O–H groups in total. The number of rotatable bonds is 4. The number of anilines is 1. The van der Waals surface area contributed by atoms with Crippen molar-refractivity contribution in [3.05, 3.63) is 23.8 Å². The number of methoxy groups -OCH3 is 1. The molecule has 2 atom stereocenters. The molecule has 0 saturated carbocycles. The topological polar surface area (TPSA) is 73.6 Å². The Kier molecular flexibility index (Phi) is 4.27. The Morgan fingerprint density at radius 2 is 2.32 bits per heavy atom. The maximum absolute atomic E-state index is 12.2. The van der Waals surface area contributed by atoms with E-state index in [1.807, 2.05) is 6.92 Å². The minimum absolute atomic E-state index is 0.0116. The van der Waals surface area contributed by atoms with Crippen LogP contribution in [0.1, 0.15) is 30.1 Å². The van der Waals surface area contributed by atoms with Crippen LogP contribution in [-0.4, -0.2) is 31.8 Å². The van der Waals surface area contributed by atoms with Gasteiger partial charge in [-0.1, -0.05) is 0 Å². The summed E-state index contributed by atoms with van der Waals surface area (Å²) >= 11 is 0. The summed E-state index contributed by atoms with van der Waals surface area (Å²) in [6, 6.07) is 4.98. The van der Waals surface area contributed by atoms with Crippen LogP contribution in [0.15, 0.2) is 18.2 Å². The van der Waals surface area contributed by atoms with E-state index >= 15 is 0 Å². The summed E-state index contributed by atoms with van der Waals surface area (Å²) in [5.41, 5.74) is 6.75. The van der Waals surface area contributed by atoms with E-state index in [2.05, 4.69) is 5.32 Å². The van der Waals surface area contributed by atoms with E-state index in [0.29, 0.717) is 17.0 Å². The van der Waals surface area contributed by atoms with Crippen molar-refractivity contribution in [1.82, 2.24) is 5.32 Å². The van der Waals surface area contributed by atoms with Crippen molar-refractivity contribution in [2.24, 2.45) is 0 Å². The van der Waals surface area contributed by atoms with Gasteiger partial charge >= 0.3 is 0 Å². The summed E-state index contributed by atoms with van der Waals surface area (Å²) in [4.78, 5) is 12.2. The average molecular weight is 264 g/mol. The van der Waals surface area contributed by atoms with E-state index in [9.17, 15) is 4.79 Å². The fourth-order valence-corrected chi connectivity index (χ4v) is 2.25. The third kappa shape index (κ3) is 3.38. The molecule has 5 heteroatoms. The van der Waals surface area contributed by atoms with Gasteiger partial charge in [-0.15, -0.1) is 0 Å². The summed E-state index contributed by atoms with van der Waals surface area (Å²) in [6.07, 6.45) is 2.14. The van der Waals surface area contributed by atoms with Crippen molar-refractivity contribution in [2.75, 3.05) is 19.5 Å². The molecule has 5 nitrogen and oxygen atoms in total. The van der Waals surface area contributed by atoms with Gasteiger partial charge in [0.05, 0.1) is 19.3 Å². The quantitative estimate of drug-likeness (QED) is 0.810. The van der Waals surface area contributed by atoms with Crippen molar-refractivity contribution in [3.63, 3.8) is 0 Å². The van der Waals surface area contributed by atoms with E-state index in [1.165, 1.54) is 0 Å². The minimum atomic E-state index is -0.159. The third-order valence-corrected chi connectivity index (χ3v) is 3.31. The molecule has 2 unspecified atom stereocenters. The zero-order valence-electron chi connectivity index (χ0n) is 11.3. The summed E-state index contributed by atoms with van der Waals surface area (Å²) < 4.78 is 10.7. The van der Waals surface area contributed by atoms with Crippen molar-refractivity contribution < 1.29 is 14.3 Å². The Balaban J connectivity index is 2.04. The molecule has 0 radical (unpaired) electrons. The molecule has 1 saturated heterocycles. The van der Waals surface area contributed by atoms with Crippen LogP contribution in [0, 0.1) is 0 Å². The van der Waals surface area contributed by atoms with Gasteiger partial charge in [0.25, 0.3) is 5.91 Å². The Morgan fingerprint density at radius 1 is 1.53 bits per heavy atom. The van der Waals surface area contributed by atoms with Gasteiger partial charge in [0.2, 0.25) is 0 Å². The van der Waals surface area contributed by atoms with E-state index in [1.54, 1.807) is 25.3 Å². The van der Waals surface area contributed by atoms with Crippen LogP contribution in [0.25, 0.3) is 0 Å². The monoisotopic (exact) mass is 264 g/mol. The molecule has 0 bridgehead atoms. The molecule has 0 aromatic heterocycles. The molecule has 1 aliphatic heterocycles. The van der Waals surface area contributed by atoms with Gasteiger partial charge in [-0.05, 0) is 31.9 Å². The van der Waals surface area contributed by atoms with Crippen LogP contribution >= 0.6 is 0 Å². The van der Waals surface area contributed by atoms with E-state index in [0.717, 1.165) is 19.4 Å². The SMILES string of the molecule is COc1cc(N)cc(C(=O)NC(C)C2CCCO2)c1. The van der Waals surface area contributed by atoms with Gasteiger partial charge < -0.3 is 20.5 Å². The van der Waals surface area contributed by atoms with Crippen molar-refractivity contribution in [2.45, 2.75) is 31.9 Å². The zero-order valence-corrected chi connectivity index (χ0v) is 11.3. The fourth-order valence-electron chi connectivity index (χ4n) is 2.25. The lowest BCUT2D eigenvalue weighted by atomic mass is 10.1. The summed E-state index contributed by atoms with van der Waals surface area (Å²) in [5, 5.41) is 2.94. The lowest BCUT2D eigenvalue weighted by Gasteiger charge is -2.20. The van der Waals surface area contributed by atoms with Gasteiger partial charge in [-0.3, -0.25) is 4.79 Å². The summed E-state index contributed by atoms with van der Waals surface area (Å²) in [6.45, 7) is 2.73. The lowest BCUT2D eigenvalue weighted by Crippen LogP contribution is -2.40. The lowest BCUT2D eigenvalue weighted by molar-refractivity contribution is 0.0712. The number of hydrogen-bond acceptors (Lipinski definition) is 4. The molecular formula is C14H20N2O3.